The lowest BCUT2D eigenvalue weighted by Gasteiger charge is -2.08. The molecule has 0 saturated heterocycles. The SMILES string of the molecule is COc1cc2nc(/C=C/c3cccc(OC(C)=O)c3)[nH]c(=O)c2cc1OC. The first-order valence-corrected chi connectivity index (χ1v) is 8.13. The quantitative estimate of drug-likeness (QED) is 0.551. The Hall–Kier alpha value is -3.61. The highest BCUT2D eigenvalue weighted by Gasteiger charge is 2.10. The van der Waals surface area contributed by atoms with Crippen LogP contribution in [0.15, 0.2) is 41.2 Å². The predicted octanol–water partition coefficient (Wildman–Crippen LogP) is 3.04. The molecule has 3 aromatic rings. The number of aromatic nitrogens is 2. The van der Waals surface area contributed by atoms with E-state index in [0.717, 1.165) is 5.56 Å². The van der Waals surface area contributed by atoms with E-state index in [2.05, 4.69) is 9.97 Å². The van der Waals surface area contributed by atoms with Crippen molar-refractivity contribution < 1.29 is 19.0 Å². The number of hydrogen-bond acceptors (Lipinski definition) is 6. The molecule has 7 nitrogen and oxygen atoms in total. The van der Waals surface area contributed by atoms with E-state index in [9.17, 15) is 9.59 Å². The van der Waals surface area contributed by atoms with Gasteiger partial charge in [0.1, 0.15) is 11.6 Å². The van der Waals surface area contributed by atoms with Crippen LogP contribution < -0.4 is 19.8 Å². The second-order valence-electron chi connectivity index (χ2n) is 5.67. The molecule has 0 aliphatic heterocycles. The standard InChI is InChI=1S/C20H18N2O5/c1-12(23)27-14-6-4-5-13(9-14)7-8-19-21-16-11-18(26-3)17(25-2)10-15(16)20(24)22-19/h4-11H,1-3H3,(H,21,22,24)/b8-7+. The first-order chi connectivity index (χ1) is 13.0. The van der Waals surface area contributed by atoms with E-state index < -0.39 is 0 Å². The van der Waals surface area contributed by atoms with Gasteiger partial charge in [-0.3, -0.25) is 9.59 Å². The van der Waals surface area contributed by atoms with Crippen molar-refractivity contribution in [3.05, 3.63) is 58.1 Å². The second-order valence-corrected chi connectivity index (χ2v) is 5.67. The summed E-state index contributed by atoms with van der Waals surface area (Å²) in [5.41, 5.74) is 1.00. The van der Waals surface area contributed by atoms with Gasteiger partial charge in [0.15, 0.2) is 11.5 Å². The molecule has 0 amide bonds. The van der Waals surface area contributed by atoms with Crippen LogP contribution in [0.25, 0.3) is 23.1 Å². The lowest BCUT2D eigenvalue weighted by Crippen LogP contribution is -2.10. The van der Waals surface area contributed by atoms with Crippen LogP contribution in [0.3, 0.4) is 0 Å². The third-order valence-electron chi connectivity index (χ3n) is 3.78. The van der Waals surface area contributed by atoms with Crippen molar-refractivity contribution in [3.63, 3.8) is 0 Å². The molecule has 138 valence electrons. The summed E-state index contributed by atoms with van der Waals surface area (Å²) in [6.45, 7) is 1.34. The Morgan fingerprint density at radius 1 is 1.07 bits per heavy atom. The zero-order valence-corrected chi connectivity index (χ0v) is 15.1. The fourth-order valence-corrected chi connectivity index (χ4v) is 2.59. The summed E-state index contributed by atoms with van der Waals surface area (Å²) < 4.78 is 15.5. The van der Waals surface area contributed by atoms with Crippen LogP contribution in [0.2, 0.25) is 0 Å². The van der Waals surface area contributed by atoms with E-state index in [1.54, 1.807) is 42.5 Å². The lowest BCUT2D eigenvalue weighted by molar-refractivity contribution is -0.131. The van der Waals surface area contributed by atoms with Gasteiger partial charge in [-0.15, -0.1) is 0 Å². The number of carbonyl (C=O) groups is 1. The molecule has 0 bridgehead atoms. The molecule has 7 heteroatoms. The Morgan fingerprint density at radius 3 is 2.52 bits per heavy atom. The molecule has 0 saturated carbocycles. The first kappa shape index (κ1) is 18.2. The van der Waals surface area contributed by atoms with Gasteiger partial charge in [-0.2, -0.15) is 0 Å². The molecule has 0 aliphatic rings. The number of rotatable bonds is 5. The Morgan fingerprint density at radius 2 is 1.81 bits per heavy atom. The van der Waals surface area contributed by atoms with Crippen molar-refractivity contribution in [3.8, 4) is 17.2 Å². The molecular weight excluding hydrogens is 348 g/mol. The summed E-state index contributed by atoms with van der Waals surface area (Å²) in [4.78, 5) is 30.6. The minimum atomic E-state index is -0.388. The molecular formula is C20H18N2O5. The summed E-state index contributed by atoms with van der Waals surface area (Å²) in [6, 6.07) is 10.3. The highest BCUT2D eigenvalue weighted by Crippen LogP contribution is 2.30. The minimum Gasteiger partial charge on any atom is -0.493 e. The van der Waals surface area contributed by atoms with Crippen molar-refractivity contribution in [2.45, 2.75) is 6.92 Å². The van der Waals surface area contributed by atoms with Crippen molar-refractivity contribution in [1.82, 2.24) is 9.97 Å². The Labute approximate surface area is 155 Å². The molecule has 1 heterocycles. The number of esters is 1. The van der Waals surface area contributed by atoms with Crippen LogP contribution in [0, 0.1) is 0 Å². The predicted molar refractivity (Wildman–Crippen MR) is 102 cm³/mol. The molecule has 3 rings (SSSR count). The number of fused-ring (bicyclic) bond motifs is 1. The van der Waals surface area contributed by atoms with Crippen molar-refractivity contribution in [1.29, 1.82) is 0 Å². The summed E-state index contributed by atoms with van der Waals surface area (Å²) >= 11 is 0. The molecule has 0 unspecified atom stereocenters. The fourth-order valence-electron chi connectivity index (χ4n) is 2.59. The van der Waals surface area contributed by atoms with E-state index >= 15 is 0 Å². The number of methoxy groups -OCH3 is 2. The Kier molecular flexibility index (Phi) is 5.21. The number of ether oxygens (including phenoxy) is 3. The van der Waals surface area contributed by atoms with Crippen LogP contribution in [-0.2, 0) is 4.79 Å². The maximum Gasteiger partial charge on any atom is 0.308 e. The monoisotopic (exact) mass is 366 g/mol. The summed E-state index contributed by atoms with van der Waals surface area (Å²) in [6.07, 6.45) is 3.43. The van der Waals surface area contributed by atoms with Crippen molar-refractivity contribution in [2.75, 3.05) is 14.2 Å². The number of H-pyrrole nitrogens is 1. The van der Waals surface area contributed by atoms with E-state index in [1.165, 1.54) is 21.1 Å². The van der Waals surface area contributed by atoms with Gasteiger partial charge >= 0.3 is 5.97 Å². The Balaban J connectivity index is 1.96. The van der Waals surface area contributed by atoms with Crippen molar-refractivity contribution in [2.24, 2.45) is 0 Å². The first-order valence-electron chi connectivity index (χ1n) is 8.13. The molecule has 0 atom stereocenters. The third kappa shape index (κ3) is 4.14. The summed E-state index contributed by atoms with van der Waals surface area (Å²) in [5.74, 6) is 1.40. The van der Waals surface area contributed by atoms with Crippen molar-refractivity contribution >= 4 is 29.0 Å². The van der Waals surface area contributed by atoms with Crippen LogP contribution in [0.1, 0.15) is 18.3 Å². The number of aromatic amines is 1. The van der Waals surface area contributed by atoms with E-state index in [1.807, 2.05) is 6.07 Å². The molecule has 2 aromatic carbocycles. The normalized spacial score (nSPS) is 10.9. The largest absolute Gasteiger partial charge is 0.493 e. The molecule has 1 aromatic heterocycles. The van der Waals surface area contributed by atoms with Gasteiger partial charge < -0.3 is 19.2 Å². The number of nitrogens with one attached hydrogen (secondary N) is 1. The van der Waals surface area contributed by atoms with Crippen LogP contribution in [0.5, 0.6) is 17.2 Å². The number of carbonyl (C=O) groups excluding carboxylic acids is 1. The van der Waals surface area contributed by atoms with Gasteiger partial charge in [0.25, 0.3) is 5.56 Å². The average molecular weight is 366 g/mol. The third-order valence-corrected chi connectivity index (χ3v) is 3.78. The van der Waals surface area contributed by atoms with Gasteiger partial charge in [-0.1, -0.05) is 18.2 Å². The van der Waals surface area contributed by atoms with Gasteiger partial charge in [-0.25, -0.2) is 4.98 Å². The van der Waals surface area contributed by atoms with E-state index in [0.29, 0.717) is 34.0 Å². The van der Waals surface area contributed by atoms with Crippen LogP contribution in [-0.4, -0.2) is 30.2 Å². The summed E-state index contributed by atoms with van der Waals surface area (Å²) in [7, 11) is 3.03. The van der Waals surface area contributed by atoms with Gasteiger partial charge in [0, 0.05) is 13.0 Å². The average Bonchev–Trinajstić information content (AvgIpc) is 2.65. The zero-order valence-electron chi connectivity index (χ0n) is 15.1. The van der Waals surface area contributed by atoms with E-state index in [4.69, 9.17) is 14.2 Å². The van der Waals surface area contributed by atoms with Gasteiger partial charge in [-0.05, 0) is 29.8 Å². The fraction of sp³-hybridized carbons (Fsp3) is 0.150. The number of hydrogen-bond donors (Lipinski definition) is 1. The zero-order chi connectivity index (χ0) is 19.4. The molecule has 0 radical (unpaired) electrons. The van der Waals surface area contributed by atoms with E-state index in [-0.39, 0.29) is 11.5 Å². The Bertz CT molecular complexity index is 1090. The smallest absolute Gasteiger partial charge is 0.308 e. The maximum absolute atomic E-state index is 12.4. The maximum atomic E-state index is 12.4. The lowest BCUT2D eigenvalue weighted by atomic mass is 10.2. The van der Waals surface area contributed by atoms with Crippen LogP contribution in [0.4, 0.5) is 0 Å². The van der Waals surface area contributed by atoms with Crippen LogP contribution >= 0.6 is 0 Å². The second kappa shape index (κ2) is 7.74. The highest BCUT2D eigenvalue weighted by molar-refractivity contribution is 5.83. The van der Waals surface area contributed by atoms with Gasteiger partial charge in [0.05, 0.1) is 25.1 Å². The molecule has 27 heavy (non-hydrogen) atoms. The molecule has 0 aliphatic carbocycles. The minimum absolute atomic E-state index is 0.283. The highest BCUT2D eigenvalue weighted by atomic mass is 16.5. The molecule has 0 fully saturated rings. The number of nitrogens with zero attached hydrogens (tertiary/aromatic N) is 1. The summed E-state index contributed by atoms with van der Waals surface area (Å²) in [5, 5.41) is 0.404. The molecule has 0 spiro atoms. The molecule has 1 N–H and O–H groups in total. The van der Waals surface area contributed by atoms with Gasteiger partial charge in [0.2, 0.25) is 0 Å². The number of benzene rings is 2. The topological polar surface area (TPSA) is 90.5 Å².